The molecule has 5 rings (SSSR count). The van der Waals surface area contributed by atoms with Gasteiger partial charge in [0.15, 0.2) is 5.43 Å². The van der Waals surface area contributed by atoms with Crippen LogP contribution < -0.4 is 26.1 Å². The molecule has 0 aliphatic carbocycles. The van der Waals surface area contributed by atoms with Gasteiger partial charge in [-0.2, -0.15) is 0 Å². The summed E-state index contributed by atoms with van der Waals surface area (Å²) >= 11 is 0. The number of ether oxygens (including phenoxy) is 2. The van der Waals surface area contributed by atoms with Crippen LogP contribution in [0, 0.1) is 17.0 Å². The van der Waals surface area contributed by atoms with E-state index in [1.54, 1.807) is 66.9 Å². The lowest BCUT2D eigenvalue weighted by atomic mass is 9.85. The topological polar surface area (TPSA) is 196 Å². The Kier molecular flexibility index (Phi) is 18.2. The molecule has 1 unspecified atom stereocenters. The zero-order chi connectivity index (χ0) is 47.2. The van der Waals surface area contributed by atoms with Crippen molar-refractivity contribution in [3.63, 3.8) is 0 Å². The minimum Gasteiger partial charge on any atom is -0.497 e. The van der Waals surface area contributed by atoms with Gasteiger partial charge in [0, 0.05) is 41.9 Å². The Morgan fingerprint density at radius 3 is 2.10 bits per heavy atom. The molecule has 1 saturated heterocycles. The van der Waals surface area contributed by atoms with Crippen LogP contribution in [0.3, 0.4) is 0 Å². The smallest absolute Gasteiger partial charge is 0.408 e. The fourth-order valence-electron chi connectivity index (χ4n) is 6.31. The van der Waals surface area contributed by atoms with Crippen LogP contribution in [-0.2, 0) is 25.5 Å². The van der Waals surface area contributed by atoms with Crippen molar-refractivity contribution in [3.8, 4) is 17.0 Å². The molecule has 0 saturated carbocycles. The summed E-state index contributed by atoms with van der Waals surface area (Å²) in [5, 5.41) is 17.1. The lowest BCUT2D eigenvalue weighted by Crippen LogP contribution is -2.58. The predicted octanol–water partition coefficient (Wildman–Crippen LogP) is 6.84. The molecule has 14 nitrogen and oxygen atoms in total. The average molecular weight is 886 g/mol. The van der Waals surface area contributed by atoms with Crippen molar-refractivity contribution in [3.05, 3.63) is 99.7 Å². The Balaban J connectivity index is 0.000000375. The average Bonchev–Trinajstić information content (AvgIpc) is 3.69. The van der Waals surface area contributed by atoms with Gasteiger partial charge >= 0.3 is 12.1 Å². The number of likely N-dealkylation sites (tertiary alicyclic amines) is 1. The van der Waals surface area contributed by atoms with E-state index in [9.17, 15) is 46.3 Å². The number of nitrogens with zero attached hydrogens (tertiary/aromatic N) is 1. The molecule has 3 aromatic carbocycles. The Morgan fingerprint density at radius 1 is 0.921 bits per heavy atom. The van der Waals surface area contributed by atoms with Gasteiger partial charge in [-0.1, -0.05) is 51.1 Å². The van der Waals surface area contributed by atoms with Gasteiger partial charge in [-0.25, -0.2) is 27.2 Å². The fraction of sp³-hybridized carbons (Fsp3) is 0.422. The number of fused-ring (bicyclic) bond motifs is 1. The molecule has 5 N–H and O–H groups in total. The summed E-state index contributed by atoms with van der Waals surface area (Å²) in [5.74, 6) is -4.43. The number of aromatic carboxylic acids is 1. The Bertz CT molecular complexity index is 2270. The number of alkyl carbamates (subject to hydrolysis) is 1. The molecule has 1 fully saturated rings. The molecule has 63 heavy (non-hydrogen) atoms. The van der Waals surface area contributed by atoms with Gasteiger partial charge in [0.1, 0.15) is 35.1 Å². The second-order valence-corrected chi connectivity index (χ2v) is 16.5. The third-order valence-electron chi connectivity index (χ3n) is 9.24. The first-order chi connectivity index (χ1) is 29.4. The van der Waals surface area contributed by atoms with E-state index in [-0.39, 0.29) is 24.0 Å². The van der Waals surface area contributed by atoms with Crippen LogP contribution in [0.25, 0.3) is 22.2 Å². The largest absolute Gasteiger partial charge is 0.497 e. The molecule has 0 spiro atoms. The van der Waals surface area contributed by atoms with Crippen molar-refractivity contribution in [2.45, 2.75) is 91.8 Å². The van der Waals surface area contributed by atoms with Gasteiger partial charge in [0.2, 0.25) is 24.1 Å². The van der Waals surface area contributed by atoms with Crippen LogP contribution >= 0.6 is 0 Å². The van der Waals surface area contributed by atoms with Crippen LogP contribution in [0.2, 0.25) is 0 Å². The second-order valence-electron chi connectivity index (χ2n) is 16.5. The molecular formula is C45H55F4N5O9. The van der Waals surface area contributed by atoms with Crippen LogP contribution in [0.5, 0.6) is 5.75 Å². The molecule has 0 radical (unpaired) electrons. The number of methoxy groups -OCH3 is 1. The number of hydrogen-bond acceptors (Lipinski definition) is 8. The summed E-state index contributed by atoms with van der Waals surface area (Å²) in [6, 6.07) is 16.4. The Hall–Kier alpha value is -6.46. The number of halogens is 4. The maximum atomic E-state index is 14.1. The fourth-order valence-corrected chi connectivity index (χ4v) is 6.31. The number of benzene rings is 3. The molecule has 1 aliphatic heterocycles. The summed E-state index contributed by atoms with van der Waals surface area (Å²) in [4.78, 5) is 78.6. The summed E-state index contributed by atoms with van der Waals surface area (Å²) in [6.45, 7) is 11.0. The van der Waals surface area contributed by atoms with Crippen LogP contribution in [0.15, 0.2) is 71.5 Å². The number of aromatic amines is 1. The maximum absolute atomic E-state index is 14.1. The molecule has 0 bridgehead atoms. The first-order valence-corrected chi connectivity index (χ1v) is 20.0. The highest BCUT2D eigenvalue weighted by Gasteiger charge is 2.42. The minimum atomic E-state index is -2.17. The number of carbonyl (C=O) groups is 5. The maximum Gasteiger partial charge on any atom is 0.408 e. The third kappa shape index (κ3) is 15.8. The molecular weight excluding hydrogens is 831 g/mol. The highest BCUT2D eigenvalue weighted by molar-refractivity contribution is 5.94. The van der Waals surface area contributed by atoms with Crippen molar-refractivity contribution in [2.75, 3.05) is 26.7 Å². The SMILES string of the molecule is CC(C)(C)OC(=O)N[C@H](C(=O)N1CCCC1C(=O)NCC(=O)NCCc1c(F)cc(C(=O)O)cc1F)C(C)(C)C.CC(F)F.COc1ccc2c(=O)cc(-c3ccccc3)[nH]c2c1. The first kappa shape index (κ1) is 50.9. The normalized spacial score (nSPS) is 14.0. The van der Waals surface area contributed by atoms with Gasteiger partial charge in [-0.05, 0) is 82.2 Å². The first-order valence-electron chi connectivity index (χ1n) is 20.0. The number of rotatable bonds is 11. The van der Waals surface area contributed by atoms with E-state index in [0.717, 1.165) is 29.4 Å². The number of carbonyl (C=O) groups excluding carboxylic acids is 4. The van der Waals surface area contributed by atoms with Crippen LogP contribution in [0.4, 0.5) is 22.4 Å². The third-order valence-corrected chi connectivity index (χ3v) is 9.24. The molecule has 4 amide bonds. The Morgan fingerprint density at radius 2 is 1.54 bits per heavy atom. The number of H-pyrrole nitrogens is 1. The minimum absolute atomic E-state index is 0.00950. The van der Waals surface area contributed by atoms with E-state index < -0.39 is 83.1 Å². The van der Waals surface area contributed by atoms with Crippen LogP contribution in [0.1, 0.15) is 77.2 Å². The predicted molar refractivity (Wildman–Crippen MR) is 229 cm³/mol. The summed E-state index contributed by atoms with van der Waals surface area (Å²) in [7, 11) is 1.61. The number of hydrogen-bond donors (Lipinski definition) is 5. The Labute approximate surface area is 362 Å². The summed E-state index contributed by atoms with van der Waals surface area (Å²) < 4.78 is 59.3. The molecule has 2 atom stereocenters. The number of aromatic nitrogens is 1. The number of pyridine rings is 1. The zero-order valence-electron chi connectivity index (χ0n) is 36.5. The van der Waals surface area contributed by atoms with Gasteiger partial charge in [0.25, 0.3) is 0 Å². The standard InChI is InChI=1S/C27H38F2N4O7.C16H13NO2.C2H4F2/c1-26(2,3)21(32-25(39)40-27(4,5)6)23(36)33-11-7-8-19(33)22(35)31-14-20(34)30-10-9-16-17(28)12-15(24(37)38)13-18(16)29;1-19-12-7-8-13-15(9-12)17-14(10-16(13)18)11-5-3-2-4-6-11;1-2(3)4/h12-13,19,21H,7-11,14H2,1-6H3,(H,30,34)(H,31,35)(H,32,39)(H,37,38);2-10H,1H3,(H,17,18);2H,1H3/t19?,21-;;/m1../s1. The van der Waals surface area contributed by atoms with E-state index >= 15 is 0 Å². The zero-order valence-corrected chi connectivity index (χ0v) is 36.5. The van der Waals surface area contributed by atoms with Gasteiger partial charge in [0.05, 0.1) is 24.7 Å². The van der Waals surface area contributed by atoms with Crippen molar-refractivity contribution >= 4 is 40.7 Å². The number of carboxylic acid groups (broad SMARTS) is 1. The quantitative estimate of drug-likeness (QED) is 0.100. The lowest BCUT2D eigenvalue weighted by molar-refractivity contribution is -0.142. The van der Waals surface area contributed by atoms with Crippen molar-refractivity contribution in [2.24, 2.45) is 5.41 Å². The van der Waals surface area contributed by atoms with Crippen molar-refractivity contribution < 1.29 is 56.1 Å². The number of amides is 4. The molecule has 342 valence electrons. The lowest BCUT2D eigenvalue weighted by Gasteiger charge is -2.35. The molecule has 1 aromatic heterocycles. The van der Waals surface area contributed by atoms with Gasteiger partial charge in [-0.3, -0.25) is 19.2 Å². The highest BCUT2D eigenvalue weighted by Crippen LogP contribution is 2.27. The molecule has 18 heteroatoms. The second kappa shape index (κ2) is 22.6. The summed E-state index contributed by atoms with van der Waals surface area (Å²) in [6.07, 6.45) is -2.24. The molecule has 1 aliphatic rings. The van der Waals surface area contributed by atoms with E-state index in [2.05, 4.69) is 20.9 Å². The van der Waals surface area contributed by atoms with E-state index in [1.807, 2.05) is 36.4 Å². The van der Waals surface area contributed by atoms with E-state index in [4.69, 9.17) is 14.6 Å². The number of nitrogens with one attached hydrogen (secondary N) is 4. The van der Waals surface area contributed by atoms with E-state index in [0.29, 0.717) is 36.9 Å². The van der Waals surface area contributed by atoms with Crippen LogP contribution in [-0.4, -0.2) is 95.6 Å². The number of carboxylic acids is 1. The molecule has 2 heterocycles. The van der Waals surface area contributed by atoms with Crippen molar-refractivity contribution in [1.29, 1.82) is 0 Å². The highest BCUT2D eigenvalue weighted by atomic mass is 19.3. The molecule has 4 aromatic rings. The monoisotopic (exact) mass is 885 g/mol. The van der Waals surface area contributed by atoms with E-state index in [1.165, 1.54) is 4.90 Å². The number of alkyl halides is 2. The summed E-state index contributed by atoms with van der Waals surface area (Å²) in [5.41, 5.74) is 0.239. The van der Waals surface area contributed by atoms with Gasteiger partial charge in [-0.15, -0.1) is 0 Å². The van der Waals surface area contributed by atoms with Gasteiger partial charge < -0.3 is 40.4 Å². The van der Waals surface area contributed by atoms with Crippen molar-refractivity contribution in [1.82, 2.24) is 25.8 Å².